The maximum Gasteiger partial charge on any atom is 0.183 e. The minimum Gasteiger partial charge on any atom is -0.394 e. The molecule has 0 saturated carbocycles. The van der Waals surface area contributed by atoms with Crippen molar-refractivity contribution in [1.29, 1.82) is 0 Å². The zero-order valence-corrected chi connectivity index (χ0v) is 7.92. The number of hydrogen-bond acceptors (Lipinski definition) is 5. The number of aliphatic hydroxyl groups excluding tert-OH is 1. The van der Waals surface area contributed by atoms with Crippen molar-refractivity contribution < 1.29 is 23.0 Å². The summed E-state index contributed by atoms with van der Waals surface area (Å²) in [7, 11) is -3.00. The smallest absolute Gasteiger partial charge is 0.183 e. The second kappa shape index (κ2) is 2.91. The van der Waals surface area contributed by atoms with Crippen LogP contribution >= 0.6 is 0 Å². The Hall–Kier alpha value is -0.170. The van der Waals surface area contributed by atoms with Gasteiger partial charge in [-0.1, -0.05) is 0 Å². The van der Waals surface area contributed by atoms with Crippen molar-refractivity contribution in [3.63, 3.8) is 0 Å². The van der Waals surface area contributed by atoms with E-state index >= 15 is 0 Å². The van der Waals surface area contributed by atoms with Gasteiger partial charge in [0, 0.05) is 6.42 Å². The molecule has 2 atom stereocenters. The predicted molar refractivity (Wildman–Crippen MR) is 43.9 cm³/mol. The Bertz CT molecular complexity index is 298. The van der Waals surface area contributed by atoms with E-state index in [4.69, 9.17) is 14.6 Å². The van der Waals surface area contributed by atoms with Gasteiger partial charge in [0.15, 0.2) is 15.6 Å². The summed E-state index contributed by atoms with van der Waals surface area (Å²) < 4.78 is 33.0. The first-order valence-electron chi connectivity index (χ1n) is 4.18. The maximum atomic E-state index is 11.2. The molecule has 2 heterocycles. The third-order valence-electron chi connectivity index (χ3n) is 2.35. The summed E-state index contributed by atoms with van der Waals surface area (Å²) >= 11 is 0. The molecule has 1 N–H and O–H groups in total. The van der Waals surface area contributed by atoms with Gasteiger partial charge in [0.1, 0.15) is 11.9 Å². The van der Waals surface area contributed by atoms with Crippen molar-refractivity contribution in [1.82, 2.24) is 0 Å². The Kier molecular flexibility index (Phi) is 2.10. The fourth-order valence-electron chi connectivity index (χ4n) is 1.70. The minimum atomic E-state index is -3.00. The lowest BCUT2D eigenvalue weighted by Gasteiger charge is -2.19. The number of aliphatic hydroxyl groups is 1. The van der Waals surface area contributed by atoms with Gasteiger partial charge < -0.3 is 14.6 Å². The van der Waals surface area contributed by atoms with E-state index in [1.807, 2.05) is 0 Å². The van der Waals surface area contributed by atoms with E-state index in [0.717, 1.165) is 0 Å². The highest BCUT2D eigenvalue weighted by Crippen LogP contribution is 2.34. The molecule has 5 nitrogen and oxygen atoms in total. The molecule has 2 aliphatic heterocycles. The Morgan fingerprint density at radius 2 is 2.31 bits per heavy atom. The van der Waals surface area contributed by atoms with Crippen LogP contribution in [0.3, 0.4) is 0 Å². The van der Waals surface area contributed by atoms with Crippen LogP contribution in [-0.4, -0.2) is 50.1 Å². The van der Waals surface area contributed by atoms with Gasteiger partial charge in [-0.3, -0.25) is 0 Å². The van der Waals surface area contributed by atoms with Crippen molar-refractivity contribution >= 4 is 9.84 Å². The molecule has 2 unspecified atom stereocenters. The normalized spacial score (nSPS) is 43.0. The van der Waals surface area contributed by atoms with Crippen LogP contribution in [0.4, 0.5) is 0 Å². The van der Waals surface area contributed by atoms with Crippen molar-refractivity contribution in [3.8, 4) is 0 Å². The van der Waals surface area contributed by atoms with Crippen LogP contribution in [0.25, 0.3) is 0 Å². The lowest BCUT2D eigenvalue weighted by molar-refractivity contribution is -0.150. The summed E-state index contributed by atoms with van der Waals surface area (Å²) in [5, 5.41) is 8.79. The molecular formula is C7H12O5S. The number of rotatable bonds is 1. The molecule has 2 aliphatic rings. The Balaban J connectivity index is 2.09. The molecular weight excluding hydrogens is 196 g/mol. The highest BCUT2D eigenvalue weighted by Gasteiger charge is 2.49. The molecule has 0 aromatic heterocycles. The highest BCUT2D eigenvalue weighted by molar-refractivity contribution is 7.91. The highest BCUT2D eigenvalue weighted by atomic mass is 32.2. The van der Waals surface area contributed by atoms with Gasteiger partial charge in [-0.2, -0.15) is 0 Å². The standard InChI is InChI=1S/C7H12O5S/c8-3-6-4-11-7(12-6)1-2-13(9,10)5-7/h6,8H,1-5H2. The fraction of sp³-hybridized carbons (Fsp3) is 1.00. The van der Waals surface area contributed by atoms with Crippen molar-refractivity contribution in [2.45, 2.75) is 18.3 Å². The molecule has 1 spiro atoms. The summed E-state index contributed by atoms with van der Waals surface area (Å²) in [6.45, 7) is 0.161. The first-order valence-corrected chi connectivity index (χ1v) is 6.00. The van der Waals surface area contributed by atoms with Crippen molar-refractivity contribution in [3.05, 3.63) is 0 Å². The Morgan fingerprint density at radius 3 is 2.77 bits per heavy atom. The van der Waals surface area contributed by atoms with E-state index in [1.165, 1.54) is 0 Å². The number of sulfone groups is 1. The molecule has 2 saturated heterocycles. The second-order valence-corrected chi connectivity index (χ2v) is 5.67. The van der Waals surface area contributed by atoms with Crippen LogP contribution in [0, 0.1) is 0 Å². The van der Waals surface area contributed by atoms with Gasteiger partial charge in [0.25, 0.3) is 0 Å². The number of ether oxygens (including phenoxy) is 2. The molecule has 0 aliphatic carbocycles. The third-order valence-corrected chi connectivity index (χ3v) is 4.06. The monoisotopic (exact) mass is 208 g/mol. The van der Waals surface area contributed by atoms with E-state index < -0.39 is 15.6 Å². The molecule has 0 aromatic rings. The van der Waals surface area contributed by atoms with Crippen molar-refractivity contribution in [2.24, 2.45) is 0 Å². The first kappa shape index (κ1) is 9.39. The van der Waals surface area contributed by atoms with Crippen LogP contribution < -0.4 is 0 Å². The van der Waals surface area contributed by atoms with Crippen LogP contribution in [0.15, 0.2) is 0 Å². The average Bonchev–Trinajstić information content (AvgIpc) is 2.57. The summed E-state index contributed by atoms with van der Waals surface area (Å²) in [4.78, 5) is 0. The summed E-state index contributed by atoms with van der Waals surface area (Å²) in [5.41, 5.74) is 0. The molecule has 13 heavy (non-hydrogen) atoms. The molecule has 0 radical (unpaired) electrons. The van der Waals surface area contributed by atoms with E-state index in [-0.39, 0.29) is 30.8 Å². The van der Waals surface area contributed by atoms with Crippen LogP contribution in [0.1, 0.15) is 6.42 Å². The van der Waals surface area contributed by atoms with E-state index in [1.54, 1.807) is 0 Å². The second-order valence-electron chi connectivity index (χ2n) is 3.49. The van der Waals surface area contributed by atoms with Gasteiger partial charge in [-0.05, 0) is 0 Å². The van der Waals surface area contributed by atoms with Gasteiger partial charge in [0.05, 0.1) is 19.0 Å². The van der Waals surface area contributed by atoms with Crippen LogP contribution in [0.5, 0.6) is 0 Å². The predicted octanol–water partition coefficient (Wildman–Crippen LogP) is -1.09. The van der Waals surface area contributed by atoms with Gasteiger partial charge in [0.2, 0.25) is 0 Å². The average molecular weight is 208 g/mol. The maximum absolute atomic E-state index is 11.2. The first-order chi connectivity index (χ1) is 6.05. The third kappa shape index (κ3) is 1.71. The quantitative estimate of drug-likeness (QED) is 0.592. The molecule has 6 heteroatoms. The fourth-order valence-corrected chi connectivity index (χ4v) is 3.44. The van der Waals surface area contributed by atoms with E-state index in [9.17, 15) is 8.42 Å². The number of hydrogen-bond donors (Lipinski definition) is 1. The van der Waals surface area contributed by atoms with Crippen LogP contribution in [0.2, 0.25) is 0 Å². The van der Waals surface area contributed by atoms with Gasteiger partial charge in [-0.25, -0.2) is 8.42 Å². The van der Waals surface area contributed by atoms with Gasteiger partial charge in [-0.15, -0.1) is 0 Å². The lowest BCUT2D eigenvalue weighted by Crippen LogP contribution is -2.32. The molecule has 0 amide bonds. The molecule has 76 valence electrons. The molecule has 2 fully saturated rings. The Labute approximate surface area is 76.6 Å². The lowest BCUT2D eigenvalue weighted by atomic mass is 10.2. The molecule has 2 rings (SSSR count). The van der Waals surface area contributed by atoms with E-state index in [2.05, 4.69) is 0 Å². The zero-order chi connectivity index (χ0) is 9.53. The minimum absolute atomic E-state index is 0.0729. The summed E-state index contributed by atoms with van der Waals surface area (Å²) in [6, 6.07) is 0. The van der Waals surface area contributed by atoms with Crippen molar-refractivity contribution in [2.75, 3.05) is 24.7 Å². The van der Waals surface area contributed by atoms with E-state index in [0.29, 0.717) is 6.42 Å². The summed E-state index contributed by atoms with van der Waals surface area (Å²) in [6.07, 6.45) is 0.0135. The Morgan fingerprint density at radius 1 is 1.54 bits per heavy atom. The zero-order valence-electron chi connectivity index (χ0n) is 7.10. The molecule has 0 aromatic carbocycles. The largest absolute Gasteiger partial charge is 0.394 e. The van der Waals surface area contributed by atoms with Crippen LogP contribution in [-0.2, 0) is 19.3 Å². The summed E-state index contributed by atoms with van der Waals surface area (Å²) in [5.74, 6) is -0.909. The topological polar surface area (TPSA) is 72.8 Å². The van der Waals surface area contributed by atoms with Gasteiger partial charge >= 0.3 is 0 Å². The SMILES string of the molecule is O=S1(=O)CCC2(C1)OCC(CO)O2. The molecule has 0 bridgehead atoms.